The van der Waals surface area contributed by atoms with Gasteiger partial charge in [-0.2, -0.15) is 13.2 Å². The fourth-order valence-electron chi connectivity index (χ4n) is 3.38. The summed E-state index contributed by atoms with van der Waals surface area (Å²) in [4.78, 5) is 30.8. The fourth-order valence-corrected chi connectivity index (χ4v) is 4.15. The normalized spacial score (nSPS) is 11.8. The Labute approximate surface area is 199 Å². The molecular weight excluding hydrogens is 483 g/mol. The summed E-state index contributed by atoms with van der Waals surface area (Å²) < 4.78 is 43.0. The highest BCUT2D eigenvalue weighted by atomic mass is 32.1. The van der Waals surface area contributed by atoms with Gasteiger partial charge in [-0.15, -0.1) is 16.4 Å². The average Bonchev–Trinajstić information content (AvgIpc) is 3.56. The van der Waals surface area contributed by atoms with Crippen molar-refractivity contribution in [2.24, 2.45) is 0 Å². The summed E-state index contributed by atoms with van der Waals surface area (Å²) >= 11 is 1.39. The van der Waals surface area contributed by atoms with Crippen molar-refractivity contribution >= 4 is 22.9 Å². The molecule has 14 heteroatoms. The number of carbonyl (C=O) groups is 1. The monoisotopic (exact) mass is 499 g/mol. The quantitative estimate of drug-likeness (QED) is 0.394. The number of hydrogen-bond donors (Lipinski definition) is 1. The van der Waals surface area contributed by atoms with E-state index in [4.69, 9.17) is 0 Å². The Morgan fingerprint density at radius 3 is 2.51 bits per heavy atom. The third kappa shape index (κ3) is 4.35. The maximum absolute atomic E-state index is 13.6. The van der Waals surface area contributed by atoms with Gasteiger partial charge in [0.05, 0.1) is 18.0 Å². The average molecular weight is 499 g/mol. The summed E-state index contributed by atoms with van der Waals surface area (Å²) in [5.74, 6) is 0.0749. The van der Waals surface area contributed by atoms with Crippen molar-refractivity contribution in [2.45, 2.75) is 26.6 Å². The van der Waals surface area contributed by atoms with E-state index in [0.717, 1.165) is 4.88 Å². The number of amides is 1. The Kier molecular flexibility index (Phi) is 5.51. The van der Waals surface area contributed by atoms with Crippen LogP contribution < -0.4 is 5.32 Å². The van der Waals surface area contributed by atoms with Crippen LogP contribution in [0.15, 0.2) is 43.2 Å². The number of pyridine rings is 1. The predicted octanol–water partition coefficient (Wildman–Crippen LogP) is 3.39. The summed E-state index contributed by atoms with van der Waals surface area (Å²) in [7, 11) is 0. The van der Waals surface area contributed by atoms with Crippen LogP contribution >= 0.6 is 11.3 Å². The molecule has 1 amide bonds. The Balaban J connectivity index is 1.62. The molecule has 0 unspecified atom stereocenters. The number of halogens is 3. The van der Waals surface area contributed by atoms with Gasteiger partial charge in [0.15, 0.2) is 11.3 Å². The largest absolute Gasteiger partial charge is 0.435 e. The molecule has 10 nitrogen and oxygen atoms in total. The number of alkyl halides is 3. The van der Waals surface area contributed by atoms with Gasteiger partial charge in [0.25, 0.3) is 5.91 Å². The van der Waals surface area contributed by atoms with Crippen LogP contribution in [0, 0.1) is 13.8 Å². The van der Waals surface area contributed by atoms with Crippen LogP contribution in [-0.4, -0.2) is 45.2 Å². The molecule has 5 aromatic rings. The van der Waals surface area contributed by atoms with Gasteiger partial charge in [-0.3, -0.25) is 9.20 Å². The molecule has 0 saturated heterocycles. The Morgan fingerprint density at radius 2 is 1.83 bits per heavy atom. The van der Waals surface area contributed by atoms with Crippen molar-refractivity contribution < 1.29 is 18.0 Å². The third-order valence-corrected chi connectivity index (χ3v) is 5.98. The number of aromatic nitrogens is 8. The lowest BCUT2D eigenvalue weighted by molar-refractivity contribution is -0.142. The molecule has 5 aromatic heterocycles. The van der Waals surface area contributed by atoms with E-state index in [1.807, 2.05) is 6.92 Å². The summed E-state index contributed by atoms with van der Waals surface area (Å²) in [6, 6.07) is 1.30. The Morgan fingerprint density at radius 1 is 1.06 bits per heavy atom. The first-order valence-electron chi connectivity index (χ1n) is 10.2. The fraction of sp³-hybridized carbons (Fsp3) is 0.190. The van der Waals surface area contributed by atoms with Crippen LogP contribution in [0.3, 0.4) is 0 Å². The molecule has 35 heavy (non-hydrogen) atoms. The lowest BCUT2D eigenvalue weighted by Gasteiger charge is -2.13. The Bertz CT molecular complexity index is 1540. The maximum atomic E-state index is 13.6. The molecule has 5 rings (SSSR count). The number of aryl methyl sites for hydroxylation is 2. The number of carbonyl (C=O) groups excluding carboxylic acids is 1. The van der Waals surface area contributed by atoms with Crippen molar-refractivity contribution in [3.8, 4) is 16.4 Å². The van der Waals surface area contributed by atoms with Crippen LogP contribution in [0.25, 0.3) is 22.0 Å². The van der Waals surface area contributed by atoms with Crippen molar-refractivity contribution in [1.29, 1.82) is 0 Å². The zero-order valence-electron chi connectivity index (χ0n) is 18.3. The molecule has 5 heterocycles. The summed E-state index contributed by atoms with van der Waals surface area (Å²) in [5, 5.41) is 10.4. The molecule has 0 saturated carbocycles. The highest BCUT2D eigenvalue weighted by Crippen LogP contribution is 2.33. The topological polar surface area (TPSA) is 116 Å². The molecule has 0 radical (unpaired) electrons. The van der Waals surface area contributed by atoms with Gasteiger partial charge in [-0.05, 0) is 19.9 Å². The third-order valence-electron chi connectivity index (χ3n) is 5.04. The van der Waals surface area contributed by atoms with Crippen molar-refractivity contribution in [2.75, 3.05) is 0 Å². The first-order chi connectivity index (χ1) is 16.7. The van der Waals surface area contributed by atoms with Crippen LogP contribution in [0.1, 0.15) is 32.3 Å². The maximum Gasteiger partial charge on any atom is 0.435 e. The highest BCUT2D eigenvalue weighted by molar-refractivity contribution is 7.14. The molecule has 0 aliphatic carbocycles. The van der Waals surface area contributed by atoms with Gasteiger partial charge in [-0.1, -0.05) is 5.21 Å². The second-order valence-electron chi connectivity index (χ2n) is 7.58. The minimum absolute atomic E-state index is 0.0549. The van der Waals surface area contributed by atoms with Crippen LogP contribution in [-0.2, 0) is 12.7 Å². The van der Waals surface area contributed by atoms with E-state index >= 15 is 0 Å². The molecular formula is C21H16F3N9OS. The van der Waals surface area contributed by atoms with E-state index in [0.29, 0.717) is 33.0 Å². The van der Waals surface area contributed by atoms with E-state index in [9.17, 15) is 18.0 Å². The number of thiazole rings is 1. The van der Waals surface area contributed by atoms with Gasteiger partial charge >= 0.3 is 6.18 Å². The standard InChI is InChI=1S/C21H16F3N9OS/c1-11-4-29-20(35-11)16-8-27-18-15(33-17(9-30-31-33)21(22,23)24)3-14(10-32(16)18)19(34)28-7-13-5-25-12(2)26-6-13/h3-6,8-10H,7H2,1-2H3,(H,28,34). The van der Waals surface area contributed by atoms with Crippen LogP contribution in [0.4, 0.5) is 13.2 Å². The zero-order valence-corrected chi connectivity index (χ0v) is 19.1. The number of nitrogens with zero attached hydrogens (tertiary/aromatic N) is 8. The minimum atomic E-state index is -4.72. The molecule has 0 aliphatic rings. The number of rotatable bonds is 5. The van der Waals surface area contributed by atoms with Crippen LogP contribution in [0.2, 0.25) is 0 Å². The van der Waals surface area contributed by atoms with Crippen molar-refractivity contribution in [3.63, 3.8) is 0 Å². The minimum Gasteiger partial charge on any atom is -0.348 e. The van der Waals surface area contributed by atoms with E-state index in [-0.39, 0.29) is 23.4 Å². The van der Waals surface area contributed by atoms with Crippen molar-refractivity contribution in [1.82, 2.24) is 44.6 Å². The van der Waals surface area contributed by atoms with E-state index in [2.05, 4.69) is 35.6 Å². The molecule has 0 fully saturated rings. The molecule has 0 aliphatic heterocycles. The molecule has 0 atom stereocenters. The van der Waals surface area contributed by atoms with Gasteiger partial charge in [0.2, 0.25) is 0 Å². The zero-order chi connectivity index (χ0) is 24.7. The van der Waals surface area contributed by atoms with Gasteiger partial charge < -0.3 is 5.32 Å². The summed E-state index contributed by atoms with van der Waals surface area (Å²) in [6.07, 6.45) is 3.75. The van der Waals surface area contributed by atoms with E-state index in [1.165, 1.54) is 34.2 Å². The molecule has 0 bridgehead atoms. The first kappa shape index (κ1) is 22.6. The molecule has 0 spiro atoms. The SMILES string of the molecule is Cc1ncc(CNC(=O)c2cc(-n3nncc3C(F)(F)F)c3ncc(-c4ncc(C)s4)n3c2)cn1. The lowest BCUT2D eigenvalue weighted by Crippen LogP contribution is -2.24. The number of hydrogen-bond acceptors (Lipinski definition) is 8. The number of fused-ring (bicyclic) bond motifs is 1. The van der Waals surface area contributed by atoms with E-state index in [1.54, 1.807) is 25.5 Å². The van der Waals surface area contributed by atoms with Crippen molar-refractivity contribution in [3.05, 3.63) is 70.8 Å². The summed E-state index contributed by atoms with van der Waals surface area (Å²) in [6.45, 7) is 3.76. The number of imidazole rings is 1. The molecule has 0 aromatic carbocycles. The first-order valence-corrected chi connectivity index (χ1v) is 11.0. The molecule has 178 valence electrons. The second kappa shape index (κ2) is 8.54. The van der Waals surface area contributed by atoms with Gasteiger partial charge in [-0.25, -0.2) is 24.6 Å². The Hall–Kier alpha value is -4.20. The predicted molar refractivity (Wildman–Crippen MR) is 119 cm³/mol. The molecule has 1 N–H and O–H groups in total. The lowest BCUT2D eigenvalue weighted by atomic mass is 10.2. The number of nitrogens with one attached hydrogen (secondary N) is 1. The van der Waals surface area contributed by atoms with Gasteiger partial charge in [0, 0.05) is 41.8 Å². The van der Waals surface area contributed by atoms with Crippen LogP contribution in [0.5, 0.6) is 0 Å². The van der Waals surface area contributed by atoms with Gasteiger partial charge in [0.1, 0.15) is 22.2 Å². The smallest absolute Gasteiger partial charge is 0.348 e. The second-order valence-corrected chi connectivity index (χ2v) is 8.81. The van der Waals surface area contributed by atoms with E-state index < -0.39 is 17.8 Å². The summed E-state index contributed by atoms with van der Waals surface area (Å²) in [5.41, 5.74) is 0.296. The highest BCUT2D eigenvalue weighted by Gasteiger charge is 2.37.